The summed E-state index contributed by atoms with van der Waals surface area (Å²) in [6.07, 6.45) is 1.81. The fourth-order valence-electron chi connectivity index (χ4n) is 0.706. The number of thiazole rings is 1. The summed E-state index contributed by atoms with van der Waals surface area (Å²) < 4.78 is 1.19. The average molecular weight is 366 g/mol. The summed E-state index contributed by atoms with van der Waals surface area (Å²) in [6.45, 7) is 16.1. The molecule has 0 aliphatic carbocycles. The minimum atomic E-state index is 1.13. The maximum Gasteiger partial charge on any atom is 0.0893 e. The molecule has 0 aliphatic rings. The van der Waals surface area contributed by atoms with E-state index >= 15 is 0 Å². The van der Waals surface area contributed by atoms with Crippen molar-refractivity contribution in [2.45, 2.75) is 55.4 Å². The molecule has 0 saturated carbocycles. The minimum Gasteiger partial charge on any atom is -0.250 e. The van der Waals surface area contributed by atoms with Crippen molar-refractivity contribution in [3.05, 3.63) is 37.4 Å². The van der Waals surface area contributed by atoms with Gasteiger partial charge in [-0.25, -0.2) is 0 Å². The molecule has 0 aliphatic heterocycles. The zero-order chi connectivity index (χ0) is 15.7. The van der Waals surface area contributed by atoms with Crippen molar-refractivity contribution in [1.82, 2.24) is 4.98 Å². The van der Waals surface area contributed by atoms with Gasteiger partial charge in [-0.2, -0.15) is 0 Å². The maximum atomic E-state index is 3.94. The van der Waals surface area contributed by atoms with Gasteiger partial charge in [-0.05, 0) is 35.8 Å². The molecule has 0 bridgehead atoms. The lowest BCUT2D eigenvalue weighted by molar-refractivity contribution is 1.30. The van der Waals surface area contributed by atoms with Gasteiger partial charge in [-0.15, -0.1) is 22.7 Å². The standard InChI is InChI=1S/C5H5BrS.C4H5NS.3C2H6/c1-4-2-5(6)3-7-4;1-4-5-2-3-6-4;3*1-2/h2-3H,1H3;2-3H,1H3;3*1-2H3. The minimum absolute atomic E-state index is 1.13. The molecule has 0 radical (unpaired) electrons. The van der Waals surface area contributed by atoms with Crippen molar-refractivity contribution in [3.8, 4) is 0 Å². The van der Waals surface area contributed by atoms with Crippen molar-refractivity contribution in [2.75, 3.05) is 0 Å². The first-order chi connectivity index (χ1) is 9.18. The van der Waals surface area contributed by atoms with Crippen LogP contribution in [0.15, 0.2) is 27.5 Å². The van der Waals surface area contributed by atoms with E-state index in [1.165, 1.54) is 9.35 Å². The fraction of sp³-hybridized carbons (Fsp3) is 0.533. The number of nitrogens with zero attached hydrogens (tertiary/aromatic N) is 1. The monoisotopic (exact) mass is 365 g/mol. The summed E-state index contributed by atoms with van der Waals surface area (Å²) in [7, 11) is 0. The Balaban J connectivity index is -0.000000195. The normalized spacial score (nSPS) is 7.21. The van der Waals surface area contributed by atoms with Gasteiger partial charge >= 0.3 is 0 Å². The van der Waals surface area contributed by atoms with Crippen LogP contribution < -0.4 is 0 Å². The average Bonchev–Trinajstić information content (AvgIpc) is 3.09. The van der Waals surface area contributed by atoms with E-state index in [0.717, 1.165) is 5.01 Å². The predicted octanol–water partition coefficient (Wildman–Crippen LogP) is 7.35. The van der Waals surface area contributed by atoms with Crippen LogP contribution in [-0.4, -0.2) is 4.98 Å². The second kappa shape index (κ2) is 20.1. The smallest absolute Gasteiger partial charge is 0.0893 e. The highest BCUT2D eigenvalue weighted by molar-refractivity contribution is 9.10. The number of aryl methyl sites for hydroxylation is 2. The number of rotatable bonds is 0. The molecule has 0 unspecified atom stereocenters. The maximum absolute atomic E-state index is 3.94. The van der Waals surface area contributed by atoms with Crippen LogP contribution in [0.1, 0.15) is 51.4 Å². The molecule has 0 atom stereocenters. The second-order valence-electron chi connectivity index (χ2n) is 2.43. The summed E-state index contributed by atoms with van der Waals surface area (Å²) in [5.41, 5.74) is 0. The van der Waals surface area contributed by atoms with Crippen LogP contribution in [0.25, 0.3) is 0 Å². The van der Waals surface area contributed by atoms with Crippen LogP contribution >= 0.6 is 38.6 Å². The third-order valence-electron chi connectivity index (χ3n) is 1.25. The zero-order valence-electron chi connectivity index (χ0n) is 13.5. The summed E-state index contributed by atoms with van der Waals surface area (Å²) in [4.78, 5) is 5.29. The number of aromatic nitrogens is 1. The Morgan fingerprint density at radius 2 is 1.47 bits per heavy atom. The van der Waals surface area contributed by atoms with E-state index in [2.05, 4.69) is 39.3 Å². The lowest BCUT2D eigenvalue weighted by Crippen LogP contribution is -1.56. The molecule has 0 fully saturated rings. The summed E-state index contributed by atoms with van der Waals surface area (Å²) in [5.74, 6) is 0. The summed E-state index contributed by atoms with van der Waals surface area (Å²) in [6, 6.07) is 2.10. The fourth-order valence-corrected chi connectivity index (χ4v) is 2.48. The van der Waals surface area contributed by atoms with Gasteiger partial charge in [0.2, 0.25) is 0 Å². The first kappa shape index (κ1) is 23.9. The van der Waals surface area contributed by atoms with Crippen LogP contribution in [0.2, 0.25) is 0 Å². The van der Waals surface area contributed by atoms with E-state index in [1.54, 1.807) is 28.9 Å². The molecular weight excluding hydrogens is 338 g/mol. The van der Waals surface area contributed by atoms with Gasteiger partial charge in [0.25, 0.3) is 0 Å². The lowest BCUT2D eigenvalue weighted by Gasteiger charge is -1.68. The molecule has 2 heterocycles. The Morgan fingerprint density at radius 1 is 0.947 bits per heavy atom. The van der Waals surface area contributed by atoms with Crippen molar-refractivity contribution < 1.29 is 0 Å². The molecule has 0 saturated heterocycles. The second-order valence-corrected chi connectivity index (χ2v) is 5.56. The van der Waals surface area contributed by atoms with Crippen molar-refractivity contribution in [2.24, 2.45) is 0 Å². The van der Waals surface area contributed by atoms with Gasteiger partial charge in [-0.3, -0.25) is 4.98 Å². The zero-order valence-corrected chi connectivity index (χ0v) is 16.7. The Kier molecular flexibility index (Phi) is 25.3. The van der Waals surface area contributed by atoms with Gasteiger partial charge in [0, 0.05) is 26.3 Å². The van der Waals surface area contributed by atoms with Crippen LogP contribution in [0.5, 0.6) is 0 Å². The summed E-state index contributed by atoms with van der Waals surface area (Å²) >= 11 is 6.77. The molecule has 0 amide bonds. The number of hydrogen-bond donors (Lipinski definition) is 0. The molecule has 19 heavy (non-hydrogen) atoms. The van der Waals surface area contributed by atoms with E-state index < -0.39 is 0 Å². The van der Waals surface area contributed by atoms with Gasteiger partial charge < -0.3 is 0 Å². The Hall–Kier alpha value is -0.190. The molecule has 0 N–H and O–H groups in total. The highest BCUT2D eigenvalue weighted by atomic mass is 79.9. The van der Waals surface area contributed by atoms with Gasteiger partial charge in [0.15, 0.2) is 0 Å². The van der Waals surface area contributed by atoms with E-state index in [0.29, 0.717) is 0 Å². The number of hydrogen-bond acceptors (Lipinski definition) is 3. The molecular formula is C15H28BrNS2. The first-order valence-electron chi connectivity index (χ1n) is 6.75. The number of thiophene rings is 1. The van der Waals surface area contributed by atoms with E-state index in [4.69, 9.17) is 0 Å². The van der Waals surface area contributed by atoms with Crippen LogP contribution in [0.4, 0.5) is 0 Å². The van der Waals surface area contributed by atoms with E-state index in [9.17, 15) is 0 Å². The van der Waals surface area contributed by atoms with Crippen LogP contribution in [0, 0.1) is 13.8 Å². The van der Waals surface area contributed by atoms with E-state index in [-0.39, 0.29) is 0 Å². The molecule has 2 rings (SSSR count). The molecule has 0 spiro atoms. The van der Waals surface area contributed by atoms with Crippen molar-refractivity contribution in [3.63, 3.8) is 0 Å². The van der Waals surface area contributed by atoms with E-state index in [1.807, 2.05) is 53.8 Å². The lowest BCUT2D eigenvalue weighted by atomic mass is 10.5. The first-order valence-corrected chi connectivity index (χ1v) is 9.30. The van der Waals surface area contributed by atoms with Crippen LogP contribution in [0.3, 0.4) is 0 Å². The Morgan fingerprint density at radius 3 is 1.58 bits per heavy atom. The SMILES string of the molecule is CC.CC.CC.Cc1cc(Br)cs1.Cc1nccs1. The van der Waals surface area contributed by atoms with Crippen molar-refractivity contribution >= 4 is 38.6 Å². The highest BCUT2D eigenvalue weighted by Gasteiger charge is 1.86. The molecule has 0 aromatic carbocycles. The molecule has 112 valence electrons. The third-order valence-corrected chi connectivity index (χ3v) is 3.58. The highest BCUT2D eigenvalue weighted by Crippen LogP contribution is 2.17. The van der Waals surface area contributed by atoms with Crippen LogP contribution in [-0.2, 0) is 0 Å². The quantitative estimate of drug-likeness (QED) is 0.475. The van der Waals surface area contributed by atoms with Crippen molar-refractivity contribution in [1.29, 1.82) is 0 Å². The molecule has 2 aromatic rings. The van der Waals surface area contributed by atoms with Gasteiger partial charge in [0.05, 0.1) is 5.01 Å². The molecule has 4 heteroatoms. The van der Waals surface area contributed by atoms with Gasteiger partial charge in [-0.1, -0.05) is 41.5 Å². The number of halogens is 1. The predicted molar refractivity (Wildman–Crippen MR) is 97.7 cm³/mol. The summed E-state index contributed by atoms with van der Waals surface area (Å²) in [5, 5.41) is 5.18. The topological polar surface area (TPSA) is 12.9 Å². The third kappa shape index (κ3) is 17.8. The molecule has 1 nitrogen and oxygen atoms in total. The Labute approximate surface area is 136 Å². The molecule has 2 aromatic heterocycles. The Bertz CT molecular complexity index is 326. The largest absolute Gasteiger partial charge is 0.250 e. The van der Waals surface area contributed by atoms with Gasteiger partial charge in [0.1, 0.15) is 0 Å².